The Balaban J connectivity index is 1.57. The molecule has 1 heterocycles. The molecule has 0 saturated carbocycles. The molecule has 0 spiro atoms. The number of carbonyl (C=O) groups excluding carboxylic acids is 2. The quantitative estimate of drug-likeness (QED) is 0.858. The molecule has 28 heavy (non-hydrogen) atoms. The molecule has 7 heteroatoms. The smallest absolute Gasteiger partial charge is 0.253 e. The Bertz CT molecular complexity index is 846. The largest absolute Gasteiger partial charge is 0.493 e. The molecule has 148 valence electrons. The lowest BCUT2D eigenvalue weighted by atomic mass is 10.0. The second-order valence-corrected chi connectivity index (χ2v) is 6.62. The number of hydrogen-bond acceptors (Lipinski definition) is 4. The lowest BCUT2D eigenvalue weighted by molar-refractivity contribution is 0.0697. The van der Waals surface area contributed by atoms with Crippen LogP contribution in [0.15, 0.2) is 42.5 Å². The van der Waals surface area contributed by atoms with E-state index in [2.05, 4.69) is 5.32 Å². The molecule has 1 fully saturated rings. The van der Waals surface area contributed by atoms with Crippen LogP contribution in [0.1, 0.15) is 33.6 Å². The summed E-state index contributed by atoms with van der Waals surface area (Å²) in [5.74, 6) is 0.392. The van der Waals surface area contributed by atoms with Gasteiger partial charge < -0.3 is 19.7 Å². The number of carbonyl (C=O) groups is 2. The van der Waals surface area contributed by atoms with E-state index in [4.69, 9.17) is 9.47 Å². The van der Waals surface area contributed by atoms with E-state index in [9.17, 15) is 14.0 Å². The first-order valence-corrected chi connectivity index (χ1v) is 9.09. The van der Waals surface area contributed by atoms with Gasteiger partial charge in [0.1, 0.15) is 5.82 Å². The van der Waals surface area contributed by atoms with Gasteiger partial charge in [0, 0.05) is 30.3 Å². The molecule has 0 unspecified atom stereocenters. The van der Waals surface area contributed by atoms with Crippen molar-refractivity contribution in [2.75, 3.05) is 27.3 Å². The summed E-state index contributed by atoms with van der Waals surface area (Å²) in [4.78, 5) is 26.8. The molecular formula is C21H23FN2O4. The molecule has 2 aromatic carbocycles. The third kappa shape index (κ3) is 4.42. The highest BCUT2D eigenvalue weighted by molar-refractivity contribution is 5.95. The third-order valence-corrected chi connectivity index (χ3v) is 4.85. The number of rotatable bonds is 5. The van der Waals surface area contributed by atoms with E-state index >= 15 is 0 Å². The van der Waals surface area contributed by atoms with Crippen LogP contribution in [0.2, 0.25) is 0 Å². The molecule has 0 aliphatic carbocycles. The summed E-state index contributed by atoms with van der Waals surface area (Å²) < 4.78 is 23.4. The van der Waals surface area contributed by atoms with Crippen LogP contribution in [0.4, 0.5) is 4.39 Å². The van der Waals surface area contributed by atoms with Crippen molar-refractivity contribution in [1.82, 2.24) is 10.2 Å². The number of benzene rings is 2. The second kappa shape index (κ2) is 8.73. The maximum absolute atomic E-state index is 13.0. The van der Waals surface area contributed by atoms with Gasteiger partial charge in [-0.25, -0.2) is 4.39 Å². The maximum Gasteiger partial charge on any atom is 0.253 e. The van der Waals surface area contributed by atoms with Crippen molar-refractivity contribution < 1.29 is 23.5 Å². The van der Waals surface area contributed by atoms with Crippen molar-refractivity contribution in [2.45, 2.75) is 18.9 Å². The lowest BCUT2D eigenvalue weighted by Crippen LogP contribution is -2.46. The van der Waals surface area contributed by atoms with Crippen molar-refractivity contribution in [1.29, 1.82) is 0 Å². The lowest BCUT2D eigenvalue weighted by Gasteiger charge is -2.32. The molecule has 0 bridgehead atoms. The Morgan fingerprint density at radius 3 is 2.18 bits per heavy atom. The number of hydrogen-bond donors (Lipinski definition) is 1. The summed E-state index contributed by atoms with van der Waals surface area (Å²) in [6.45, 7) is 1.09. The Hall–Kier alpha value is -3.09. The van der Waals surface area contributed by atoms with Gasteiger partial charge in [0.25, 0.3) is 11.8 Å². The third-order valence-electron chi connectivity index (χ3n) is 4.85. The van der Waals surface area contributed by atoms with E-state index in [0.717, 1.165) is 0 Å². The van der Waals surface area contributed by atoms with Crippen LogP contribution in [-0.4, -0.2) is 50.1 Å². The van der Waals surface area contributed by atoms with Crippen LogP contribution in [0.25, 0.3) is 0 Å². The molecule has 2 amide bonds. The van der Waals surface area contributed by atoms with Crippen LogP contribution in [0.5, 0.6) is 11.5 Å². The number of amides is 2. The van der Waals surface area contributed by atoms with Gasteiger partial charge in [-0.2, -0.15) is 0 Å². The van der Waals surface area contributed by atoms with Gasteiger partial charge in [0.15, 0.2) is 11.5 Å². The highest BCUT2D eigenvalue weighted by Gasteiger charge is 2.25. The number of likely N-dealkylation sites (tertiary alicyclic amines) is 1. The zero-order valence-corrected chi connectivity index (χ0v) is 15.9. The topological polar surface area (TPSA) is 67.9 Å². The minimum Gasteiger partial charge on any atom is -0.493 e. The Morgan fingerprint density at radius 1 is 0.964 bits per heavy atom. The molecule has 0 aromatic heterocycles. The van der Waals surface area contributed by atoms with Gasteiger partial charge in [-0.05, 0) is 55.3 Å². The fourth-order valence-electron chi connectivity index (χ4n) is 3.25. The zero-order valence-electron chi connectivity index (χ0n) is 15.9. The second-order valence-electron chi connectivity index (χ2n) is 6.62. The molecular weight excluding hydrogens is 363 g/mol. The van der Waals surface area contributed by atoms with E-state index in [1.54, 1.807) is 30.2 Å². The molecule has 1 aliphatic heterocycles. The van der Waals surface area contributed by atoms with Gasteiger partial charge >= 0.3 is 0 Å². The average molecular weight is 386 g/mol. The summed E-state index contributed by atoms with van der Waals surface area (Å²) in [6.07, 6.45) is 1.32. The molecule has 0 radical (unpaired) electrons. The number of piperidine rings is 1. The molecule has 1 aliphatic rings. The van der Waals surface area contributed by atoms with E-state index < -0.39 is 0 Å². The number of ether oxygens (including phenoxy) is 2. The molecule has 3 rings (SSSR count). The van der Waals surface area contributed by atoms with Crippen molar-refractivity contribution in [3.63, 3.8) is 0 Å². The van der Waals surface area contributed by atoms with Crippen molar-refractivity contribution in [3.8, 4) is 11.5 Å². The normalized spacial score (nSPS) is 14.5. The first-order valence-electron chi connectivity index (χ1n) is 9.09. The Kier molecular flexibility index (Phi) is 6.13. The van der Waals surface area contributed by atoms with Crippen molar-refractivity contribution in [3.05, 3.63) is 59.4 Å². The van der Waals surface area contributed by atoms with E-state index in [-0.39, 0.29) is 23.7 Å². The van der Waals surface area contributed by atoms with Gasteiger partial charge in [0.05, 0.1) is 14.2 Å². The van der Waals surface area contributed by atoms with Gasteiger partial charge in [-0.1, -0.05) is 0 Å². The maximum atomic E-state index is 13.0. The predicted octanol–water partition coefficient (Wildman–Crippen LogP) is 2.88. The standard InChI is InChI=1S/C21H23FN2O4/c1-27-18-8-5-15(13-19(18)28-2)21(26)24-11-9-17(10-12-24)23-20(25)14-3-6-16(22)7-4-14/h3-8,13,17H,9-12H2,1-2H3,(H,23,25). The van der Waals surface area contributed by atoms with Gasteiger partial charge in [-0.15, -0.1) is 0 Å². The average Bonchev–Trinajstić information content (AvgIpc) is 2.73. The summed E-state index contributed by atoms with van der Waals surface area (Å²) >= 11 is 0. The summed E-state index contributed by atoms with van der Waals surface area (Å²) in [7, 11) is 3.08. The summed E-state index contributed by atoms with van der Waals surface area (Å²) in [5, 5.41) is 2.95. The number of halogens is 1. The first-order chi connectivity index (χ1) is 13.5. The SMILES string of the molecule is COc1ccc(C(=O)N2CCC(NC(=O)c3ccc(F)cc3)CC2)cc1OC. The van der Waals surface area contributed by atoms with Crippen LogP contribution in [0.3, 0.4) is 0 Å². The van der Waals surface area contributed by atoms with E-state index in [1.807, 2.05) is 0 Å². The summed E-state index contributed by atoms with van der Waals surface area (Å²) in [6, 6.07) is 10.5. The Labute approximate surface area is 163 Å². The highest BCUT2D eigenvalue weighted by atomic mass is 19.1. The van der Waals surface area contributed by atoms with E-state index in [1.165, 1.54) is 31.4 Å². The zero-order chi connectivity index (χ0) is 20.1. The first kappa shape index (κ1) is 19.7. The highest BCUT2D eigenvalue weighted by Crippen LogP contribution is 2.28. The Morgan fingerprint density at radius 2 is 1.57 bits per heavy atom. The van der Waals surface area contributed by atoms with Gasteiger partial charge in [-0.3, -0.25) is 9.59 Å². The predicted molar refractivity (Wildman–Crippen MR) is 102 cm³/mol. The number of nitrogens with zero attached hydrogens (tertiary/aromatic N) is 1. The van der Waals surface area contributed by atoms with Crippen LogP contribution in [-0.2, 0) is 0 Å². The number of nitrogens with one attached hydrogen (secondary N) is 1. The van der Waals surface area contributed by atoms with Gasteiger partial charge in [0.2, 0.25) is 0 Å². The summed E-state index contributed by atoms with van der Waals surface area (Å²) in [5.41, 5.74) is 0.955. The minimum absolute atomic E-state index is 0.0213. The van der Waals surface area contributed by atoms with Crippen molar-refractivity contribution >= 4 is 11.8 Å². The van der Waals surface area contributed by atoms with Crippen LogP contribution in [0, 0.1) is 5.82 Å². The molecule has 0 atom stereocenters. The molecule has 1 N–H and O–H groups in total. The molecule has 2 aromatic rings. The fraction of sp³-hybridized carbons (Fsp3) is 0.333. The van der Waals surface area contributed by atoms with Crippen LogP contribution >= 0.6 is 0 Å². The van der Waals surface area contributed by atoms with Crippen LogP contribution < -0.4 is 14.8 Å². The number of methoxy groups -OCH3 is 2. The molecule has 1 saturated heterocycles. The monoisotopic (exact) mass is 386 g/mol. The fourth-order valence-corrected chi connectivity index (χ4v) is 3.25. The van der Waals surface area contributed by atoms with E-state index in [0.29, 0.717) is 48.6 Å². The van der Waals surface area contributed by atoms with Crippen molar-refractivity contribution in [2.24, 2.45) is 0 Å². The molecule has 6 nitrogen and oxygen atoms in total. The minimum atomic E-state index is -0.376.